The van der Waals surface area contributed by atoms with Crippen molar-refractivity contribution in [1.82, 2.24) is 9.78 Å². The monoisotopic (exact) mass is 266 g/mol. The normalized spacial score (nSPS) is 29.4. The van der Waals surface area contributed by atoms with Crippen molar-refractivity contribution in [3.8, 4) is 0 Å². The zero-order chi connectivity index (χ0) is 13.9. The number of aryl methyl sites for hydroxylation is 2. The molecule has 1 fully saturated rings. The van der Waals surface area contributed by atoms with Crippen molar-refractivity contribution in [2.24, 2.45) is 13.0 Å². The van der Waals surface area contributed by atoms with E-state index in [1.807, 2.05) is 17.8 Å². The van der Waals surface area contributed by atoms with Crippen LogP contribution in [0.1, 0.15) is 44.7 Å². The van der Waals surface area contributed by atoms with E-state index in [1.165, 1.54) is 0 Å². The van der Waals surface area contributed by atoms with Crippen LogP contribution in [-0.4, -0.2) is 33.7 Å². The molecule has 1 aliphatic carbocycles. The number of aromatic nitrogens is 2. The number of methoxy groups -OCH3 is 1. The summed E-state index contributed by atoms with van der Waals surface area (Å²) < 4.78 is 7.59. The smallest absolute Gasteiger partial charge is 0.0936 e. The maximum Gasteiger partial charge on any atom is 0.0936 e. The molecule has 1 aromatic rings. The molecule has 19 heavy (non-hydrogen) atoms. The summed E-state index contributed by atoms with van der Waals surface area (Å²) in [5.41, 5.74) is 0.833. The highest BCUT2D eigenvalue weighted by molar-refractivity contribution is 5.02. The lowest BCUT2D eigenvalue weighted by Crippen LogP contribution is -2.47. The highest BCUT2D eigenvalue weighted by Gasteiger charge is 2.40. The summed E-state index contributed by atoms with van der Waals surface area (Å²) in [5.74, 6) is 0.757. The molecule has 0 aromatic carbocycles. The molecule has 1 saturated carbocycles. The molecule has 0 bridgehead atoms. The Morgan fingerprint density at radius 3 is 2.74 bits per heavy atom. The molecule has 0 radical (unpaired) electrons. The molecule has 0 aliphatic heterocycles. The molecule has 1 unspecified atom stereocenters. The van der Waals surface area contributed by atoms with Crippen molar-refractivity contribution in [3.05, 3.63) is 18.0 Å². The highest BCUT2D eigenvalue weighted by atomic mass is 16.5. The van der Waals surface area contributed by atoms with E-state index >= 15 is 0 Å². The van der Waals surface area contributed by atoms with E-state index in [0.29, 0.717) is 0 Å². The number of aliphatic hydroxyl groups excluding tert-OH is 1. The van der Waals surface area contributed by atoms with Gasteiger partial charge in [0, 0.05) is 26.0 Å². The van der Waals surface area contributed by atoms with Gasteiger partial charge in [0.25, 0.3) is 0 Å². The Balaban J connectivity index is 1.93. The number of nitrogens with zero attached hydrogens (tertiary/aromatic N) is 2. The molecule has 108 valence electrons. The predicted octanol–water partition coefficient (Wildman–Crippen LogP) is 2.31. The van der Waals surface area contributed by atoms with Gasteiger partial charge in [0.1, 0.15) is 0 Å². The van der Waals surface area contributed by atoms with Crippen LogP contribution in [0.2, 0.25) is 0 Å². The number of hydrogen-bond donors (Lipinski definition) is 1. The largest absolute Gasteiger partial charge is 0.390 e. The van der Waals surface area contributed by atoms with Gasteiger partial charge in [-0.2, -0.15) is 5.10 Å². The number of aliphatic hydroxyl groups is 1. The van der Waals surface area contributed by atoms with E-state index in [-0.39, 0.29) is 11.7 Å². The molecule has 0 saturated heterocycles. The van der Waals surface area contributed by atoms with E-state index in [9.17, 15) is 5.11 Å². The standard InChI is InChI=1S/C15H26N2O2/c1-12-6-9-15(19-3,10-7-12)14(18)5-4-13-8-11-16-17(13)2/h8,11-12,14,18H,4-7,9-10H2,1-3H3. The van der Waals surface area contributed by atoms with E-state index in [2.05, 4.69) is 12.0 Å². The van der Waals surface area contributed by atoms with Crippen LogP contribution in [0.15, 0.2) is 12.3 Å². The first-order chi connectivity index (χ1) is 9.07. The van der Waals surface area contributed by atoms with Gasteiger partial charge >= 0.3 is 0 Å². The van der Waals surface area contributed by atoms with Crippen LogP contribution in [0.4, 0.5) is 0 Å². The van der Waals surface area contributed by atoms with Crippen molar-refractivity contribution in [2.75, 3.05) is 7.11 Å². The molecule has 1 atom stereocenters. The first-order valence-electron chi connectivity index (χ1n) is 7.27. The van der Waals surface area contributed by atoms with Gasteiger partial charge in [0.2, 0.25) is 0 Å². The molecule has 0 amide bonds. The minimum absolute atomic E-state index is 0.328. The van der Waals surface area contributed by atoms with Crippen molar-refractivity contribution in [2.45, 2.75) is 57.2 Å². The Bertz CT molecular complexity index is 395. The fourth-order valence-corrected chi connectivity index (χ4v) is 3.12. The highest BCUT2D eigenvalue weighted by Crippen LogP contribution is 2.38. The Morgan fingerprint density at radius 1 is 1.53 bits per heavy atom. The number of rotatable bonds is 5. The lowest BCUT2D eigenvalue weighted by molar-refractivity contribution is -0.130. The molecule has 1 heterocycles. The average Bonchev–Trinajstić information content (AvgIpc) is 2.83. The van der Waals surface area contributed by atoms with Crippen LogP contribution in [0, 0.1) is 5.92 Å². The molecular weight excluding hydrogens is 240 g/mol. The van der Waals surface area contributed by atoms with Gasteiger partial charge in [0.15, 0.2) is 0 Å². The topological polar surface area (TPSA) is 47.3 Å². The van der Waals surface area contributed by atoms with Gasteiger partial charge in [0.05, 0.1) is 11.7 Å². The summed E-state index contributed by atoms with van der Waals surface area (Å²) in [4.78, 5) is 0. The first-order valence-corrected chi connectivity index (χ1v) is 7.27. The predicted molar refractivity (Wildman–Crippen MR) is 74.9 cm³/mol. The van der Waals surface area contributed by atoms with E-state index in [0.717, 1.165) is 50.1 Å². The van der Waals surface area contributed by atoms with Crippen LogP contribution >= 0.6 is 0 Å². The van der Waals surface area contributed by atoms with E-state index in [1.54, 1.807) is 13.3 Å². The van der Waals surface area contributed by atoms with Crippen LogP contribution < -0.4 is 0 Å². The fourth-order valence-electron chi connectivity index (χ4n) is 3.12. The second-order valence-electron chi connectivity index (χ2n) is 5.95. The molecule has 0 spiro atoms. The van der Waals surface area contributed by atoms with Crippen molar-refractivity contribution in [3.63, 3.8) is 0 Å². The third kappa shape index (κ3) is 3.18. The Labute approximate surface area is 115 Å². The lowest BCUT2D eigenvalue weighted by atomic mass is 9.75. The second kappa shape index (κ2) is 6.06. The quantitative estimate of drug-likeness (QED) is 0.889. The molecule has 1 aliphatic rings. The third-order valence-electron chi connectivity index (χ3n) is 4.73. The van der Waals surface area contributed by atoms with Gasteiger partial charge in [-0.1, -0.05) is 6.92 Å². The van der Waals surface area contributed by atoms with Crippen LogP contribution in [-0.2, 0) is 18.2 Å². The van der Waals surface area contributed by atoms with E-state index < -0.39 is 0 Å². The Kier molecular flexibility index (Phi) is 4.63. The summed E-state index contributed by atoms with van der Waals surface area (Å²) in [5, 5.41) is 14.7. The van der Waals surface area contributed by atoms with Crippen molar-refractivity contribution >= 4 is 0 Å². The molecule has 4 heteroatoms. The molecular formula is C15H26N2O2. The first kappa shape index (κ1) is 14.5. The van der Waals surface area contributed by atoms with Gasteiger partial charge in [-0.05, 0) is 50.5 Å². The third-order valence-corrected chi connectivity index (χ3v) is 4.73. The average molecular weight is 266 g/mol. The zero-order valence-corrected chi connectivity index (χ0v) is 12.3. The molecule has 1 N–H and O–H groups in total. The second-order valence-corrected chi connectivity index (χ2v) is 5.95. The lowest BCUT2D eigenvalue weighted by Gasteiger charge is -2.41. The maximum absolute atomic E-state index is 10.5. The van der Waals surface area contributed by atoms with Crippen molar-refractivity contribution < 1.29 is 9.84 Å². The van der Waals surface area contributed by atoms with Crippen molar-refractivity contribution in [1.29, 1.82) is 0 Å². The Hall–Kier alpha value is -0.870. The SMILES string of the molecule is COC1(C(O)CCc2ccnn2C)CCC(C)CC1. The Morgan fingerprint density at radius 2 is 2.21 bits per heavy atom. The summed E-state index contributed by atoms with van der Waals surface area (Å²) in [6.07, 6.45) is 7.23. The summed E-state index contributed by atoms with van der Waals surface area (Å²) in [6, 6.07) is 2.01. The summed E-state index contributed by atoms with van der Waals surface area (Å²) in [6.45, 7) is 2.28. The molecule has 4 nitrogen and oxygen atoms in total. The fraction of sp³-hybridized carbons (Fsp3) is 0.800. The molecule has 2 rings (SSSR count). The van der Waals surface area contributed by atoms with Crippen LogP contribution in [0.25, 0.3) is 0 Å². The summed E-state index contributed by atoms with van der Waals surface area (Å²) >= 11 is 0. The van der Waals surface area contributed by atoms with E-state index in [4.69, 9.17) is 4.74 Å². The van der Waals surface area contributed by atoms with Gasteiger partial charge < -0.3 is 9.84 Å². The maximum atomic E-state index is 10.5. The zero-order valence-electron chi connectivity index (χ0n) is 12.3. The van der Waals surface area contributed by atoms with Gasteiger partial charge in [-0.15, -0.1) is 0 Å². The number of hydrogen-bond acceptors (Lipinski definition) is 3. The van der Waals surface area contributed by atoms with Gasteiger partial charge in [-0.3, -0.25) is 4.68 Å². The van der Waals surface area contributed by atoms with Crippen LogP contribution in [0.3, 0.4) is 0 Å². The van der Waals surface area contributed by atoms with Crippen LogP contribution in [0.5, 0.6) is 0 Å². The minimum Gasteiger partial charge on any atom is -0.390 e. The van der Waals surface area contributed by atoms with Gasteiger partial charge in [-0.25, -0.2) is 0 Å². The number of ether oxygens (including phenoxy) is 1. The molecule has 1 aromatic heterocycles. The minimum atomic E-state index is -0.389. The summed E-state index contributed by atoms with van der Waals surface area (Å²) in [7, 11) is 3.68.